The van der Waals surface area contributed by atoms with Crippen molar-refractivity contribution in [3.63, 3.8) is 0 Å². The third kappa shape index (κ3) is 4.58. The van der Waals surface area contributed by atoms with E-state index < -0.39 is 0 Å². The molecule has 2 N–H and O–H groups in total. The highest BCUT2D eigenvalue weighted by Crippen LogP contribution is 2.32. The van der Waals surface area contributed by atoms with Gasteiger partial charge in [-0.2, -0.15) is 5.26 Å². The van der Waals surface area contributed by atoms with Crippen molar-refractivity contribution in [1.29, 1.82) is 5.26 Å². The number of aromatic nitrogens is 1. The van der Waals surface area contributed by atoms with E-state index in [1.807, 2.05) is 48.5 Å². The molecule has 1 aliphatic heterocycles. The van der Waals surface area contributed by atoms with E-state index in [1.165, 1.54) is 5.56 Å². The fourth-order valence-corrected chi connectivity index (χ4v) is 4.42. The van der Waals surface area contributed by atoms with Crippen molar-refractivity contribution in [2.45, 2.75) is 6.54 Å². The van der Waals surface area contributed by atoms with E-state index in [9.17, 15) is 10.4 Å². The predicted molar refractivity (Wildman–Crippen MR) is 136 cm³/mol. The van der Waals surface area contributed by atoms with Gasteiger partial charge in [0.25, 0.3) is 0 Å². The van der Waals surface area contributed by atoms with Crippen molar-refractivity contribution in [3.05, 3.63) is 95.1 Å². The zero-order chi connectivity index (χ0) is 23.5. The van der Waals surface area contributed by atoms with Crippen LogP contribution in [0.4, 0.5) is 5.69 Å². The molecule has 1 fully saturated rings. The SMILES string of the molecule is CN1CCN(Cc2ccc(N=C(c3ccccc3)c3c(O)[nH]c4ccc(C#N)cc34)cc2)CC1. The molecule has 0 aliphatic carbocycles. The summed E-state index contributed by atoms with van der Waals surface area (Å²) in [5.74, 6) is 0.0411. The highest BCUT2D eigenvalue weighted by atomic mass is 16.3. The second kappa shape index (κ2) is 9.52. The average Bonchev–Trinajstić information content (AvgIpc) is 3.20. The fourth-order valence-electron chi connectivity index (χ4n) is 4.42. The van der Waals surface area contributed by atoms with Gasteiger partial charge in [0.1, 0.15) is 0 Å². The van der Waals surface area contributed by atoms with E-state index in [0.717, 1.165) is 54.9 Å². The molecule has 6 heteroatoms. The number of hydrogen-bond acceptors (Lipinski definition) is 5. The van der Waals surface area contributed by atoms with E-state index in [4.69, 9.17) is 4.99 Å². The molecule has 170 valence electrons. The van der Waals surface area contributed by atoms with Crippen molar-refractivity contribution in [1.82, 2.24) is 14.8 Å². The Morgan fingerprint density at radius 3 is 2.44 bits per heavy atom. The predicted octanol–water partition coefficient (Wildman–Crippen LogP) is 4.66. The van der Waals surface area contributed by atoms with E-state index in [1.54, 1.807) is 12.1 Å². The van der Waals surface area contributed by atoms with E-state index in [-0.39, 0.29) is 5.88 Å². The van der Waals surface area contributed by atoms with Crippen LogP contribution in [0.5, 0.6) is 5.88 Å². The van der Waals surface area contributed by atoms with Crippen molar-refractivity contribution < 1.29 is 5.11 Å². The summed E-state index contributed by atoms with van der Waals surface area (Å²) in [6.45, 7) is 5.30. The normalized spacial score (nSPS) is 15.5. The molecule has 0 amide bonds. The minimum atomic E-state index is 0.0411. The van der Waals surface area contributed by atoms with Crippen LogP contribution in [0.2, 0.25) is 0 Å². The lowest BCUT2D eigenvalue weighted by Gasteiger charge is -2.32. The van der Waals surface area contributed by atoms with Crippen LogP contribution in [0.25, 0.3) is 10.9 Å². The maximum absolute atomic E-state index is 10.8. The summed E-state index contributed by atoms with van der Waals surface area (Å²) in [7, 11) is 2.17. The smallest absolute Gasteiger partial charge is 0.199 e. The van der Waals surface area contributed by atoms with Crippen LogP contribution in [0.3, 0.4) is 0 Å². The lowest BCUT2D eigenvalue weighted by atomic mass is 10.00. The highest BCUT2D eigenvalue weighted by molar-refractivity contribution is 6.22. The van der Waals surface area contributed by atoms with Gasteiger partial charge in [0.15, 0.2) is 5.88 Å². The first-order valence-corrected chi connectivity index (χ1v) is 11.5. The molecule has 0 unspecified atom stereocenters. The van der Waals surface area contributed by atoms with Gasteiger partial charge in [-0.1, -0.05) is 42.5 Å². The Bertz CT molecular complexity index is 1360. The van der Waals surface area contributed by atoms with Gasteiger partial charge in [-0.25, -0.2) is 4.99 Å². The number of nitrogens with one attached hydrogen (secondary N) is 1. The molecule has 1 saturated heterocycles. The molecule has 1 aliphatic rings. The van der Waals surface area contributed by atoms with E-state index in [2.05, 4.69) is 40.0 Å². The number of benzene rings is 3. The lowest BCUT2D eigenvalue weighted by molar-refractivity contribution is 0.148. The van der Waals surface area contributed by atoms with Gasteiger partial charge in [0.2, 0.25) is 0 Å². The Hall–Kier alpha value is -3.92. The van der Waals surface area contributed by atoms with E-state index >= 15 is 0 Å². The summed E-state index contributed by atoms with van der Waals surface area (Å²) in [6.07, 6.45) is 0. The number of rotatable bonds is 5. The van der Waals surface area contributed by atoms with Crippen LogP contribution in [0, 0.1) is 11.3 Å². The molecule has 0 radical (unpaired) electrons. The summed E-state index contributed by atoms with van der Waals surface area (Å²) in [5.41, 5.74) is 5.52. The molecule has 0 atom stereocenters. The Morgan fingerprint density at radius 2 is 1.74 bits per heavy atom. The fraction of sp³-hybridized carbons (Fsp3) is 0.214. The van der Waals surface area contributed by atoms with Crippen LogP contribution in [0.1, 0.15) is 22.3 Å². The van der Waals surface area contributed by atoms with Crippen molar-refractivity contribution in [3.8, 4) is 11.9 Å². The average molecular weight is 450 g/mol. The summed E-state index contributed by atoms with van der Waals surface area (Å²) < 4.78 is 0. The first-order chi connectivity index (χ1) is 16.6. The molecule has 2 heterocycles. The topological polar surface area (TPSA) is 78.7 Å². The maximum Gasteiger partial charge on any atom is 0.199 e. The van der Waals surface area contributed by atoms with Gasteiger partial charge in [-0.05, 0) is 42.9 Å². The Labute approximate surface area is 199 Å². The first-order valence-electron chi connectivity index (χ1n) is 11.5. The molecule has 3 aromatic carbocycles. The number of nitriles is 1. The third-order valence-electron chi connectivity index (χ3n) is 6.37. The molecular formula is C28H27N5O. The molecule has 0 saturated carbocycles. The number of aliphatic imine (C=N–C) groups is 1. The number of piperazine rings is 1. The zero-order valence-electron chi connectivity index (χ0n) is 19.2. The van der Waals surface area contributed by atoms with Crippen LogP contribution >= 0.6 is 0 Å². The van der Waals surface area contributed by atoms with Crippen LogP contribution in [-0.2, 0) is 6.54 Å². The maximum atomic E-state index is 10.8. The third-order valence-corrected chi connectivity index (χ3v) is 6.37. The van der Waals surface area contributed by atoms with Crippen molar-refractivity contribution in [2.24, 2.45) is 4.99 Å². The van der Waals surface area contributed by atoms with Crippen molar-refractivity contribution in [2.75, 3.05) is 33.2 Å². The number of hydrogen-bond donors (Lipinski definition) is 2. The van der Waals surface area contributed by atoms with Gasteiger partial charge >= 0.3 is 0 Å². The van der Waals surface area contributed by atoms with Gasteiger partial charge in [-0.15, -0.1) is 0 Å². The van der Waals surface area contributed by atoms with Crippen molar-refractivity contribution >= 4 is 22.3 Å². The Morgan fingerprint density at radius 1 is 1.00 bits per heavy atom. The first kappa shape index (κ1) is 21.9. The van der Waals surface area contributed by atoms with E-state index in [0.29, 0.717) is 16.8 Å². The molecule has 5 rings (SSSR count). The zero-order valence-corrected chi connectivity index (χ0v) is 19.2. The van der Waals surface area contributed by atoms with Gasteiger partial charge in [0, 0.05) is 49.2 Å². The second-order valence-corrected chi connectivity index (χ2v) is 8.79. The second-order valence-electron chi connectivity index (χ2n) is 8.79. The number of fused-ring (bicyclic) bond motifs is 1. The molecule has 4 aromatic rings. The minimum absolute atomic E-state index is 0.0411. The highest BCUT2D eigenvalue weighted by Gasteiger charge is 2.19. The molecule has 0 spiro atoms. The monoisotopic (exact) mass is 449 g/mol. The molecule has 1 aromatic heterocycles. The molecular weight excluding hydrogens is 422 g/mol. The van der Waals surface area contributed by atoms with Gasteiger partial charge < -0.3 is 15.0 Å². The van der Waals surface area contributed by atoms with Gasteiger partial charge in [-0.3, -0.25) is 4.90 Å². The quantitative estimate of drug-likeness (QED) is 0.434. The number of likely N-dealkylation sites (N-methyl/N-ethyl adjacent to an activating group) is 1. The largest absolute Gasteiger partial charge is 0.494 e. The number of aromatic amines is 1. The number of H-pyrrole nitrogens is 1. The standard InChI is InChI=1S/C28H27N5O/c1-32-13-15-33(16-14-32)19-20-7-10-23(11-8-20)30-27(22-5-3-2-4-6-22)26-24-17-21(18-29)9-12-25(24)31-28(26)34/h2-12,17,31,34H,13-16,19H2,1H3. The summed E-state index contributed by atoms with van der Waals surface area (Å²) in [6, 6.07) is 25.7. The summed E-state index contributed by atoms with van der Waals surface area (Å²) >= 11 is 0. The molecule has 34 heavy (non-hydrogen) atoms. The molecule has 0 bridgehead atoms. The lowest BCUT2D eigenvalue weighted by Crippen LogP contribution is -2.43. The molecule has 6 nitrogen and oxygen atoms in total. The Kier molecular flexibility index (Phi) is 6.13. The minimum Gasteiger partial charge on any atom is -0.494 e. The van der Waals surface area contributed by atoms with Crippen LogP contribution in [-0.4, -0.2) is 58.8 Å². The number of aromatic hydroxyl groups is 1. The number of nitrogens with zero attached hydrogens (tertiary/aromatic N) is 4. The van der Waals surface area contributed by atoms with Gasteiger partial charge in [0.05, 0.1) is 28.6 Å². The van der Waals surface area contributed by atoms with Crippen LogP contribution < -0.4 is 0 Å². The summed E-state index contributed by atoms with van der Waals surface area (Å²) in [5, 5.41) is 21.0. The summed E-state index contributed by atoms with van der Waals surface area (Å²) in [4.78, 5) is 12.8. The Balaban J connectivity index is 1.52. The van der Waals surface area contributed by atoms with Crippen LogP contribution in [0.15, 0.2) is 77.8 Å².